The number of nitrogens with one attached hydrogen (secondary N) is 1. The monoisotopic (exact) mass is 296 g/mol. The number of rotatable bonds is 3. The Hall–Kier alpha value is -1.59. The highest BCUT2D eigenvalue weighted by atomic mass is 35.5. The fourth-order valence-corrected chi connectivity index (χ4v) is 2.69. The van der Waals surface area contributed by atoms with Crippen LogP contribution in [0.15, 0.2) is 18.2 Å². The molecule has 0 bridgehead atoms. The minimum absolute atomic E-state index is 0.157. The minimum Gasteiger partial charge on any atom is -0.465 e. The molecule has 0 fully saturated rings. The van der Waals surface area contributed by atoms with Gasteiger partial charge in [-0.2, -0.15) is 0 Å². The molecular formula is C13H13ClN2O2S. The van der Waals surface area contributed by atoms with Crippen molar-refractivity contribution in [1.29, 1.82) is 0 Å². The van der Waals surface area contributed by atoms with Crippen LogP contribution in [0.4, 0.5) is 10.8 Å². The zero-order valence-corrected chi connectivity index (χ0v) is 12.4. The molecule has 0 amide bonds. The highest BCUT2D eigenvalue weighted by Crippen LogP contribution is 2.31. The Kier molecular flexibility index (Phi) is 4.07. The van der Waals surface area contributed by atoms with Gasteiger partial charge in [0.25, 0.3) is 0 Å². The van der Waals surface area contributed by atoms with Gasteiger partial charge in [0.05, 0.1) is 7.11 Å². The first kappa shape index (κ1) is 13.8. The summed E-state index contributed by atoms with van der Waals surface area (Å²) in [5.74, 6) is -0.475. The molecule has 6 heteroatoms. The number of carbonyl (C=O) groups excluding carboxylic acids is 1. The van der Waals surface area contributed by atoms with Crippen molar-refractivity contribution in [3.63, 3.8) is 0 Å². The van der Waals surface area contributed by atoms with Gasteiger partial charge in [-0.15, -0.1) is 0 Å². The maximum absolute atomic E-state index is 11.5. The molecule has 2 rings (SSSR count). The number of aromatic nitrogens is 1. The Bertz CT molecular complexity index is 625. The first-order valence-electron chi connectivity index (χ1n) is 5.60. The number of halogens is 1. The van der Waals surface area contributed by atoms with Crippen LogP contribution < -0.4 is 5.32 Å². The summed E-state index contributed by atoms with van der Waals surface area (Å²) in [5, 5.41) is 3.89. The number of aryl methyl sites for hydroxylation is 1. The third-order valence-corrected chi connectivity index (χ3v) is 4.14. The minimum atomic E-state index is -0.475. The van der Waals surface area contributed by atoms with Crippen LogP contribution in [0.2, 0.25) is 5.15 Å². The fourth-order valence-electron chi connectivity index (χ4n) is 1.58. The predicted octanol–water partition coefficient (Wildman–Crippen LogP) is 3.94. The van der Waals surface area contributed by atoms with Crippen LogP contribution in [-0.2, 0) is 4.74 Å². The number of carbonyl (C=O) groups is 1. The molecule has 0 spiro atoms. The Morgan fingerprint density at radius 3 is 2.84 bits per heavy atom. The van der Waals surface area contributed by atoms with E-state index in [9.17, 15) is 4.79 Å². The van der Waals surface area contributed by atoms with Crippen molar-refractivity contribution in [1.82, 2.24) is 4.98 Å². The molecule has 0 aliphatic rings. The van der Waals surface area contributed by atoms with Crippen LogP contribution in [0.1, 0.15) is 20.8 Å². The summed E-state index contributed by atoms with van der Waals surface area (Å²) in [4.78, 5) is 15.9. The van der Waals surface area contributed by atoms with Gasteiger partial charge in [-0.1, -0.05) is 35.1 Å². The van der Waals surface area contributed by atoms with E-state index in [2.05, 4.69) is 15.0 Å². The Morgan fingerprint density at radius 1 is 1.42 bits per heavy atom. The molecule has 0 unspecified atom stereocenters. The van der Waals surface area contributed by atoms with Gasteiger partial charge in [-0.3, -0.25) is 0 Å². The lowest BCUT2D eigenvalue weighted by atomic mass is 10.1. The molecule has 0 aliphatic heterocycles. The van der Waals surface area contributed by atoms with E-state index in [-0.39, 0.29) is 5.15 Å². The summed E-state index contributed by atoms with van der Waals surface area (Å²) in [6, 6.07) is 5.95. The van der Waals surface area contributed by atoms with Crippen LogP contribution in [0.5, 0.6) is 0 Å². The lowest BCUT2D eigenvalue weighted by Gasteiger charge is -2.08. The van der Waals surface area contributed by atoms with Crippen LogP contribution in [0.3, 0.4) is 0 Å². The second kappa shape index (κ2) is 5.59. The average molecular weight is 297 g/mol. The van der Waals surface area contributed by atoms with Crippen molar-refractivity contribution < 1.29 is 9.53 Å². The van der Waals surface area contributed by atoms with Crippen LogP contribution in [-0.4, -0.2) is 18.1 Å². The lowest BCUT2D eigenvalue weighted by molar-refractivity contribution is 0.0606. The van der Waals surface area contributed by atoms with Gasteiger partial charge in [0.1, 0.15) is 0 Å². The van der Waals surface area contributed by atoms with Crippen molar-refractivity contribution in [2.45, 2.75) is 13.8 Å². The summed E-state index contributed by atoms with van der Waals surface area (Å²) in [5.41, 5.74) is 3.26. The fraction of sp³-hybridized carbons (Fsp3) is 0.231. The molecule has 1 heterocycles. The highest BCUT2D eigenvalue weighted by Gasteiger charge is 2.17. The van der Waals surface area contributed by atoms with Gasteiger partial charge in [-0.25, -0.2) is 9.78 Å². The van der Waals surface area contributed by atoms with Crippen molar-refractivity contribution >= 4 is 39.7 Å². The predicted molar refractivity (Wildman–Crippen MR) is 77.7 cm³/mol. The molecule has 100 valence electrons. The van der Waals surface area contributed by atoms with Gasteiger partial charge in [0, 0.05) is 5.69 Å². The molecule has 0 atom stereocenters. The van der Waals surface area contributed by atoms with Gasteiger partial charge >= 0.3 is 5.97 Å². The molecule has 4 nitrogen and oxygen atoms in total. The number of thiazole rings is 1. The Labute approximate surface area is 120 Å². The van der Waals surface area contributed by atoms with Crippen molar-refractivity contribution in [2.75, 3.05) is 12.4 Å². The van der Waals surface area contributed by atoms with Gasteiger partial charge in [-0.05, 0) is 31.0 Å². The normalized spacial score (nSPS) is 10.3. The van der Waals surface area contributed by atoms with Gasteiger partial charge in [0.15, 0.2) is 15.2 Å². The number of nitrogens with zero attached hydrogens (tertiary/aromatic N) is 1. The van der Waals surface area contributed by atoms with E-state index in [1.165, 1.54) is 24.0 Å². The van der Waals surface area contributed by atoms with E-state index < -0.39 is 5.97 Å². The number of ether oxygens (including phenoxy) is 1. The van der Waals surface area contributed by atoms with E-state index in [1.54, 1.807) is 0 Å². The second-order valence-corrected chi connectivity index (χ2v) is 5.36. The Balaban J connectivity index is 2.29. The van der Waals surface area contributed by atoms with E-state index in [1.807, 2.05) is 32.0 Å². The number of hydrogen-bond donors (Lipinski definition) is 1. The average Bonchev–Trinajstić information content (AvgIpc) is 2.75. The highest BCUT2D eigenvalue weighted by molar-refractivity contribution is 7.18. The summed E-state index contributed by atoms with van der Waals surface area (Å²) in [6.07, 6.45) is 0. The van der Waals surface area contributed by atoms with Crippen molar-refractivity contribution in [3.05, 3.63) is 39.4 Å². The van der Waals surface area contributed by atoms with E-state index in [4.69, 9.17) is 11.6 Å². The molecular weight excluding hydrogens is 284 g/mol. The lowest BCUT2D eigenvalue weighted by Crippen LogP contribution is -1.98. The molecule has 2 aromatic rings. The SMILES string of the molecule is COC(=O)c1sc(Nc2cccc(C)c2C)nc1Cl. The van der Waals surface area contributed by atoms with Crippen LogP contribution in [0, 0.1) is 13.8 Å². The van der Waals surface area contributed by atoms with Crippen LogP contribution in [0.25, 0.3) is 0 Å². The molecule has 1 N–H and O–H groups in total. The Morgan fingerprint density at radius 2 is 2.16 bits per heavy atom. The summed E-state index contributed by atoms with van der Waals surface area (Å²) in [6.45, 7) is 4.06. The third kappa shape index (κ3) is 2.88. The standard InChI is InChI=1S/C13H13ClN2O2S/c1-7-5-4-6-9(8(7)2)15-13-16-11(14)10(19-13)12(17)18-3/h4-6H,1-3H3,(H,15,16). The number of hydrogen-bond acceptors (Lipinski definition) is 5. The number of methoxy groups -OCH3 is 1. The summed E-state index contributed by atoms with van der Waals surface area (Å²) >= 11 is 7.09. The van der Waals surface area contributed by atoms with E-state index in [0.717, 1.165) is 11.3 Å². The zero-order valence-electron chi connectivity index (χ0n) is 10.8. The molecule has 19 heavy (non-hydrogen) atoms. The maximum atomic E-state index is 11.5. The third-order valence-electron chi connectivity index (χ3n) is 2.80. The number of esters is 1. The first-order valence-corrected chi connectivity index (χ1v) is 6.80. The molecule has 0 saturated carbocycles. The number of anilines is 2. The molecule has 1 aromatic heterocycles. The van der Waals surface area contributed by atoms with Crippen molar-refractivity contribution in [3.8, 4) is 0 Å². The van der Waals surface area contributed by atoms with Crippen LogP contribution >= 0.6 is 22.9 Å². The van der Waals surface area contributed by atoms with E-state index in [0.29, 0.717) is 10.0 Å². The summed E-state index contributed by atoms with van der Waals surface area (Å²) < 4.78 is 4.64. The topological polar surface area (TPSA) is 51.2 Å². The van der Waals surface area contributed by atoms with Gasteiger partial charge < -0.3 is 10.1 Å². The largest absolute Gasteiger partial charge is 0.465 e. The number of benzene rings is 1. The maximum Gasteiger partial charge on any atom is 0.351 e. The smallest absolute Gasteiger partial charge is 0.351 e. The molecule has 0 saturated heterocycles. The zero-order chi connectivity index (χ0) is 14.0. The van der Waals surface area contributed by atoms with Gasteiger partial charge in [0.2, 0.25) is 0 Å². The molecule has 0 radical (unpaired) electrons. The molecule has 1 aromatic carbocycles. The second-order valence-electron chi connectivity index (χ2n) is 4.00. The molecule has 0 aliphatic carbocycles. The summed E-state index contributed by atoms with van der Waals surface area (Å²) in [7, 11) is 1.32. The first-order chi connectivity index (χ1) is 9.02. The van der Waals surface area contributed by atoms with Crippen molar-refractivity contribution in [2.24, 2.45) is 0 Å². The quantitative estimate of drug-likeness (QED) is 0.872. The van der Waals surface area contributed by atoms with E-state index >= 15 is 0 Å².